The van der Waals surface area contributed by atoms with E-state index in [1.807, 2.05) is 25.4 Å². The van der Waals surface area contributed by atoms with Crippen molar-refractivity contribution in [2.75, 3.05) is 23.3 Å². The Kier molecular flexibility index (Phi) is 4.62. The fourth-order valence-corrected chi connectivity index (χ4v) is 4.81. The van der Waals surface area contributed by atoms with Gasteiger partial charge in [-0.15, -0.1) is 0 Å². The van der Waals surface area contributed by atoms with Crippen LogP contribution >= 0.6 is 0 Å². The lowest BCUT2D eigenvalue weighted by Crippen LogP contribution is -2.34. The molecule has 1 aromatic carbocycles. The number of carbonyl (C=O) groups excluding carboxylic acids is 1. The SMILES string of the molecule is Cc1cn2cc(NC(=O)c3ccc(N4CC[C@H](NC5CC5)C4)c4cn(C)nc34)cc(F)c2n1. The number of benzene rings is 1. The van der Waals surface area contributed by atoms with Gasteiger partial charge in [0.1, 0.15) is 5.52 Å². The van der Waals surface area contributed by atoms with E-state index in [4.69, 9.17) is 0 Å². The van der Waals surface area contributed by atoms with Gasteiger partial charge in [-0.3, -0.25) is 9.48 Å². The van der Waals surface area contributed by atoms with E-state index >= 15 is 0 Å². The van der Waals surface area contributed by atoms with E-state index in [-0.39, 0.29) is 11.6 Å². The van der Waals surface area contributed by atoms with E-state index in [1.54, 1.807) is 28.4 Å². The number of aryl methyl sites for hydroxylation is 2. The molecule has 2 aliphatic rings. The molecule has 2 N–H and O–H groups in total. The molecule has 0 bridgehead atoms. The zero-order chi connectivity index (χ0) is 22.7. The Hall–Kier alpha value is -3.46. The number of anilines is 2. The maximum atomic E-state index is 14.4. The lowest BCUT2D eigenvalue weighted by molar-refractivity contribution is 0.102. The first-order valence-corrected chi connectivity index (χ1v) is 11.4. The summed E-state index contributed by atoms with van der Waals surface area (Å²) in [6.07, 6.45) is 9.03. The standard InChI is InChI=1S/C24H26FN7O/c1-14-10-32-12-17(9-20(25)23(32)26-14)28-24(33)18-5-6-21(19-13-30(2)29-22(18)19)31-8-7-16(11-31)27-15-3-4-15/h5-6,9-10,12-13,15-16,27H,3-4,7-8,11H2,1-2H3,(H,28,33)/t16-/m0/s1. The van der Waals surface area contributed by atoms with Gasteiger partial charge in [-0.2, -0.15) is 5.10 Å². The molecule has 9 heteroatoms. The van der Waals surface area contributed by atoms with Crippen molar-refractivity contribution in [3.8, 4) is 0 Å². The predicted octanol–water partition coefficient (Wildman–Crippen LogP) is 3.25. The second-order valence-corrected chi connectivity index (χ2v) is 9.21. The summed E-state index contributed by atoms with van der Waals surface area (Å²) in [6.45, 7) is 3.73. The summed E-state index contributed by atoms with van der Waals surface area (Å²) in [5.41, 5.74) is 3.51. The lowest BCUT2D eigenvalue weighted by atomic mass is 10.1. The topological polar surface area (TPSA) is 79.5 Å². The number of fused-ring (bicyclic) bond motifs is 2. The van der Waals surface area contributed by atoms with Gasteiger partial charge >= 0.3 is 0 Å². The molecule has 8 nitrogen and oxygen atoms in total. The highest BCUT2D eigenvalue weighted by Gasteiger charge is 2.30. The van der Waals surface area contributed by atoms with Crippen molar-refractivity contribution < 1.29 is 9.18 Å². The van der Waals surface area contributed by atoms with Crippen LogP contribution in [0.25, 0.3) is 16.6 Å². The number of nitrogens with zero attached hydrogens (tertiary/aromatic N) is 5. The molecule has 33 heavy (non-hydrogen) atoms. The third-order valence-corrected chi connectivity index (χ3v) is 6.47. The number of imidazole rings is 1. The maximum absolute atomic E-state index is 14.4. The van der Waals surface area contributed by atoms with Gasteiger partial charge in [-0.05, 0) is 38.3 Å². The Morgan fingerprint density at radius 2 is 2.00 bits per heavy atom. The second kappa shape index (κ2) is 7.55. The summed E-state index contributed by atoms with van der Waals surface area (Å²) < 4.78 is 17.8. The van der Waals surface area contributed by atoms with Crippen LogP contribution in [0.1, 0.15) is 35.3 Å². The highest BCUT2D eigenvalue weighted by atomic mass is 19.1. The summed E-state index contributed by atoms with van der Waals surface area (Å²) in [5, 5.41) is 12.1. The number of hydrogen-bond donors (Lipinski definition) is 2. The number of hydrogen-bond acceptors (Lipinski definition) is 5. The van der Waals surface area contributed by atoms with Crippen LogP contribution in [-0.4, -0.2) is 50.2 Å². The molecule has 4 aromatic rings. The van der Waals surface area contributed by atoms with Crippen LogP contribution in [0.4, 0.5) is 15.8 Å². The highest BCUT2D eigenvalue weighted by molar-refractivity contribution is 6.13. The zero-order valence-electron chi connectivity index (χ0n) is 18.7. The van der Waals surface area contributed by atoms with Gasteiger partial charge in [0.05, 0.1) is 16.9 Å². The molecular formula is C24H26FN7O. The minimum absolute atomic E-state index is 0.238. The summed E-state index contributed by atoms with van der Waals surface area (Å²) in [4.78, 5) is 19.7. The summed E-state index contributed by atoms with van der Waals surface area (Å²) in [6, 6.07) is 6.30. The average molecular weight is 448 g/mol. The number of nitrogens with one attached hydrogen (secondary N) is 2. The maximum Gasteiger partial charge on any atom is 0.257 e. The minimum Gasteiger partial charge on any atom is -0.369 e. The molecule has 1 atom stereocenters. The number of halogens is 1. The fraction of sp³-hybridized carbons (Fsp3) is 0.375. The summed E-state index contributed by atoms with van der Waals surface area (Å²) in [5.74, 6) is -0.807. The molecule has 1 aliphatic heterocycles. The monoisotopic (exact) mass is 447 g/mol. The van der Waals surface area contributed by atoms with Crippen molar-refractivity contribution in [1.29, 1.82) is 0 Å². The van der Waals surface area contributed by atoms with Crippen molar-refractivity contribution >= 4 is 33.8 Å². The molecule has 1 saturated carbocycles. The normalized spacial score (nSPS) is 18.5. The van der Waals surface area contributed by atoms with Gasteiger partial charge in [0, 0.05) is 68.0 Å². The molecule has 0 radical (unpaired) electrons. The number of rotatable bonds is 5. The van der Waals surface area contributed by atoms with Crippen LogP contribution in [-0.2, 0) is 7.05 Å². The van der Waals surface area contributed by atoms with Crippen LogP contribution in [0, 0.1) is 12.7 Å². The molecule has 1 saturated heterocycles. The Morgan fingerprint density at radius 3 is 2.82 bits per heavy atom. The Labute approximate surface area is 190 Å². The number of pyridine rings is 1. The highest BCUT2D eigenvalue weighted by Crippen LogP contribution is 2.32. The van der Waals surface area contributed by atoms with E-state index in [1.165, 1.54) is 18.9 Å². The molecule has 3 aromatic heterocycles. The van der Waals surface area contributed by atoms with Crippen LogP contribution in [0.3, 0.4) is 0 Å². The molecule has 1 amide bonds. The molecule has 6 rings (SSSR count). The van der Waals surface area contributed by atoms with Gasteiger partial charge in [0.25, 0.3) is 5.91 Å². The molecule has 0 unspecified atom stereocenters. The van der Waals surface area contributed by atoms with E-state index in [9.17, 15) is 9.18 Å². The van der Waals surface area contributed by atoms with Crippen molar-refractivity contribution in [2.24, 2.45) is 7.05 Å². The number of aromatic nitrogens is 4. The first-order valence-electron chi connectivity index (χ1n) is 11.4. The Morgan fingerprint density at radius 1 is 1.15 bits per heavy atom. The van der Waals surface area contributed by atoms with Gasteiger partial charge in [-0.1, -0.05) is 0 Å². The Balaban J connectivity index is 1.29. The van der Waals surface area contributed by atoms with Crippen LogP contribution in [0.2, 0.25) is 0 Å². The largest absolute Gasteiger partial charge is 0.369 e. The zero-order valence-corrected chi connectivity index (χ0v) is 18.7. The number of amides is 1. The molecule has 2 fully saturated rings. The van der Waals surface area contributed by atoms with Gasteiger partial charge in [0.15, 0.2) is 11.5 Å². The molecule has 0 spiro atoms. The van der Waals surface area contributed by atoms with Crippen molar-refractivity contribution in [3.05, 3.63) is 53.9 Å². The van der Waals surface area contributed by atoms with Crippen LogP contribution < -0.4 is 15.5 Å². The molecular weight excluding hydrogens is 421 g/mol. The molecule has 170 valence electrons. The van der Waals surface area contributed by atoms with E-state index < -0.39 is 5.82 Å². The van der Waals surface area contributed by atoms with E-state index in [2.05, 4.69) is 25.6 Å². The fourth-order valence-electron chi connectivity index (χ4n) is 4.81. The summed E-state index contributed by atoms with van der Waals surface area (Å²) in [7, 11) is 1.86. The smallest absolute Gasteiger partial charge is 0.257 e. The third-order valence-electron chi connectivity index (χ3n) is 6.47. The van der Waals surface area contributed by atoms with E-state index in [0.717, 1.165) is 30.6 Å². The van der Waals surface area contributed by atoms with Gasteiger partial charge < -0.3 is 19.9 Å². The number of carbonyl (C=O) groups is 1. The van der Waals surface area contributed by atoms with Crippen molar-refractivity contribution in [2.45, 2.75) is 38.3 Å². The first kappa shape index (κ1) is 20.2. The second-order valence-electron chi connectivity index (χ2n) is 9.21. The predicted molar refractivity (Wildman–Crippen MR) is 125 cm³/mol. The molecule has 1 aliphatic carbocycles. The quantitative estimate of drug-likeness (QED) is 0.491. The van der Waals surface area contributed by atoms with Crippen LogP contribution in [0.5, 0.6) is 0 Å². The minimum atomic E-state index is -0.484. The molecule has 4 heterocycles. The van der Waals surface area contributed by atoms with Crippen molar-refractivity contribution in [3.63, 3.8) is 0 Å². The van der Waals surface area contributed by atoms with Gasteiger partial charge in [0.2, 0.25) is 0 Å². The van der Waals surface area contributed by atoms with Gasteiger partial charge in [-0.25, -0.2) is 9.37 Å². The third kappa shape index (κ3) is 3.72. The van der Waals surface area contributed by atoms with E-state index in [0.29, 0.717) is 34.5 Å². The van der Waals surface area contributed by atoms with Crippen LogP contribution in [0.15, 0.2) is 36.8 Å². The lowest BCUT2D eigenvalue weighted by Gasteiger charge is -2.20. The first-order chi connectivity index (χ1) is 15.9. The summed E-state index contributed by atoms with van der Waals surface area (Å²) >= 11 is 0. The Bertz CT molecular complexity index is 1390. The average Bonchev–Trinajstić information content (AvgIpc) is 3.13. The van der Waals surface area contributed by atoms with Crippen molar-refractivity contribution in [1.82, 2.24) is 24.5 Å².